The Morgan fingerprint density at radius 2 is 2.33 bits per heavy atom. The minimum atomic E-state index is -1.04. The van der Waals surface area contributed by atoms with Gasteiger partial charge in [0.15, 0.2) is 0 Å². The lowest BCUT2D eigenvalue weighted by atomic mass is 10.2. The molecule has 70 valence electrons. The molecule has 5 heteroatoms. The molecule has 0 heterocycles. The predicted octanol–water partition coefficient (Wildman–Crippen LogP) is 0.170. The van der Waals surface area contributed by atoms with Crippen LogP contribution in [-0.2, 0) is 4.74 Å². The standard InChI is InChI=1S/C7H13FN2O2/c1-12-7(11)10-6-3-4(9)2-5(6)8/h4-6H,2-3,9H2,1H3,(H,10,11). The first-order chi connectivity index (χ1) is 5.63. The van der Waals surface area contributed by atoms with Crippen LogP contribution in [0.5, 0.6) is 0 Å². The van der Waals surface area contributed by atoms with Gasteiger partial charge in [-0.1, -0.05) is 0 Å². The van der Waals surface area contributed by atoms with Gasteiger partial charge in [-0.2, -0.15) is 0 Å². The van der Waals surface area contributed by atoms with E-state index in [0.29, 0.717) is 12.8 Å². The second-order valence-electron chi connectivity index (χ2n) is 2.99. The molecular weight excluding hydrogens is 163 g/mol. The monoisotopic (exact) mass is 176 g/mol. The largest absolute Gasteiger partial charge is 0.453 e. The number of carbonyl (C=O) groups excluding carboxylic acids is 1. The van der Waals surface area contributed by atoms with Crippen molar-refractivity contribution in [2.45, 2.75) is 31.1 Å². The first-order valence-corrected chi connectivity index (χ1v) is 3.87. The van der Waals surface area contributed by atoms with Crippen LogP contribution >= 0.6 is 0 Å². The van der Waals surface area contributed by atoms with E-state index >= 15 is 0 Å². The third-order valence-electron chi connectivity index (χ3n) is 2.01. The molecule has 1 amide bonds. The van der Waals surface area contributed by atoms with Gasteiger partial charge in [0.05, 0.1) is 13.2 Å². The van der Waals surface area contributed by atoms with Crippen LogP contribution in [0, 0.1) is 0 Å². The average Bonchev–Trinajstić information content (AvgIpc) is 2.30. The normalized spacial score (nSPS) is 34.8. The van der Waals surface area contributed by atoms with Crippen LogP contribution in [0.25, 0.3) is 0 Å². The molecule has 0 spiro atoms. The molecule has 0 aromatic rings. The Balaban J connectivity index is 2.37. The summed E-state index contributed by atoms with van der Waals surface area (Å²) in [5.41, 5.74) is 5.50. The summed E-state index contributed by atoms with van der Waals surface area (Å²) in [6.07, 6.45) is -0.846. The zero-order chi connectivity index (χ0) is 9.14. The van der Waals surface area contributed by atoms with Gasteiger partial charge in [-0.25, -0.2) is 9.18 Å². The van der Waals surface area contributed by atoms with E-state index in [0.717, 1.165) is 0 Å². The van der Waals surface area contributed by atoms with Crippen LogP contribution < -0.4 is 11.1 Å². The van der Waals surface area contributed by atoms with Crippen molar-refractivity contribution in [3.05, 3.63) is 0 Å². The number of halogens is 1. The average molecular weight is 176 g/mol. The highest BCUT2D eigenvalue weighted by molar-refractivity contribution is 5.67. The number of carbonyl (C=O) groups is 1. The Kier molecular flexibility index (Phi) is 2.86. The van der Waals surface area contributed by atoms with E-state index in [4.69, 9.17) is 5.73 Å². The van der Waals surface area contributed by atoms with Crippen molar-refractivity contribution in [3.63, 3.8) is 0 Å². The highest BCUT2D eigenvalue weighted by atomic mass is 19.1. The van der Waals surface area contributed by atoms with E-state index in [1.54, 1.807) is 0 Å². The smallest absolute Gasteiger partial charge is 0.407 e. The van der Waals surface area contributed by atoms with Gasteiger partial charge in [-0.05, 0) is 12.8 Å². The second kappa shape index (κ2) is 3.71. The third kappa shape index (κ3) is 2.07. The fraction of sp³-hybridized carbons (Fsp3) is 0.857. The second-order valence-corrected chi connectivity index (χ2v) is 2.99. The molecule has 1 saturated carbocycles. The number of nitrogens with two attached hydrogens (primary N) is 1. The summed E-state index contributed by atoms with van der Waals surface area (Å²) in [6, 6.07) is -0.630. The van der Waals surface area contributed by atoms with Crippen molar-refractivity contribution in [1.82, 2.24) is 5.32 Å². The number of ether oxygens (including phenoxy) is 1. The molecule has 4 nitrogen and oxygen atoms in total. The Bertz CT molecular complexity index is 177. The van der Waals surface area contributed by atoms with Crippen molar-refractivity contribution in [2.24, 2.45) is 5.73 Å². The molecule has 0 saturated heterocycles. The molecule has 0 aromatic carbocycles. The molecule has 12 heavy (non-hydrogen) atoms. The lowest BCUT2D eigenvalue weighted by molar-refractivity contribution is 0.159. The SMILES string of the molecule is COC(=O)NC1CC(N)CC1F. The molecule has 0 bridgehead atoms. The Labute approximate surface area is 70.3 Å². The predicted molar refractivity (Wildman–Crippen MR) is 41.4 cm³/mol. The van der Waals surface area contributed by atoms with E-state index in [-0.39, 0.29) is 6.04 Å². The number of nitrogens with one attached hydrogen (secondary N) is 1. The number of amides is 1. The summed E-state index contributed by atoms with van der Waals surface area (Å²) in [6.45, 7) is 0. The molecule has 3 N–H and O–H groups in total. The molecule has 3 atom stereocenters. The van der Waals surface area contributed by atoms with Crippen LogP contribution in [0.1, 0.15) is 12.8 Å². The van der Waals surface area contributed by atoms with E-state index in [1.165, 1.54) is 7.11 Å². The van der Waals surface area contributed by atoms with E-state index in [9.17, 15) is 9.18 Å². The molecule has 3 unspecified atom stereocenters. The van der Waals surface area contributed by atoms with Crippen LogP contribution in [-0.4, -0.2) is 31.5 Å². The number of alkyl carbamates (subject to hydrolysis) is 1. The van der Waals surface area contributed by atoms with Gasteiger partial charge in [-0.15, -0.1) is 0 Å². The molecule has 1 aliphatic rings. The van der Waals surface area contributed by atoms with Crippen LogP contribution in [0.15, 0.2) is 0 Å². The summed E-state index contributed by atoms with van der Waals surface area (Å²) in [5.74, 6) is 0. The van der Waals surface area contributed by atoms with Crippen molar-refractivity contribution >= 4 is 6.09 Å². The molecule has 1 fully saturated rings. The number of rotatable bonds is 1. The van der Waals surface area contributed by atoms with Crippen molar-refractivity contribution in [1.29, 1.82) is 0 Å². The quantitative estimate of drug-likeness (QED) is 0.598. The van der Waals surface area contributed by atoms with Gasteiger partial charge in [0.25, 0.3) is 0 Å². The van der Waals surface area contributed by atoms with E-state index in [2.05, 4.69) is 10.1 Å². The number of alkyl halides is 1. The van der Waals surface area contributed by atoms with Gasteiger partial charge in [0.1, 0.15) is 6.17 Å². The third-order valence-corrected chi connectivity index (χ3v) is 2.01. The van der Waals surface area contributed by atoms with Crippen molar-refractivity contribution in [2.75, 3.05) is 7.11 Å². The molecule has 1 rings (SSSR count). The maximum Gasteiger partial charge on any atom is 0.407 e. The zero-order valence-electron chi connectivity index (χ0n) is 6.92. The van der Waals surface area contributed by atoms with Gasteiger partial charge in [0, 0.05) is 6.04 Å². The molecule has 0 radical (unpaired) electrons. The van der Waals surface area contributed by atoms with Crippen LogP contribution in [0.3, 0.4) is 0 Å². The fourth-order valence-electron chi connectivity index (χ4n) is 1.38. The summed E-state index contributed by atoms with van der Waals surface area (Å²) in [4.78, 5) is 10.7. The van der Waals surface area contributed by atoms with Crippen LogP contribution in [0.2, 0.25) is 0 Å². The Morgan fingerprint density at radius 3 is 2.75 bits per heavy atom. The summed E-state index contributed by atoms with van der Waals surface area (Å²) in [7, 11) is 1.25. The summed E-state index contributed by atoms with van der Waals surface area (Å²) in [5, 5.41) is 2.39. The fourth-order valence-corrected chi connectivity index (χ4v) is 1.38. The number of methoxy groups -OCH3 is 1. The van der Waals surface area contributed by atoms with E-state index in [1.807, 2.05) is 0 Å². The van der Waals surface area contributed by atoms with Crippen LogP contribution in [0.4, 0.5) is 9.18 Å². The molecule has 0 aromatic heterocycles. The van der Waals surface area contributed by atoms with E-state index < -0.39 is 18.3 Å². The zero-order valence-corrected chi connectivity index (χ0v) is 6.92. The first kappa shape index (κ1) is 9.25. The first-order valence-electron chi connectivity index (χ1n) is 3.87. The number of hydrogen-bond acceptors (Lipinski definition) is 3. The van der Waals surface area contributed by atoms with Gasteiger partial charge in [0.2, 0.25) is 0 Å². The topological polar surface area (TPSA) is 64.3 Å². The Morgan fingerprint density at radius 1 is 1.67 bits per heavy atom. The van der Waals surface area contributed by atoms with Gasteiger partial charge >= 0.3 is 6.09 Å². The molecule has 1 aliphatic carbocycles. The maximum absolute atomic E-state index is 13.0. The van der Waals surface area contributed by atoms with Gasteiger partial charge < -0.3 is 15.8 Å². The molecular formula is C7H13FN2O2. The maximum atomic E-state index is 13.0. The summed E-state index contributed by atoms with van der Waals surface area (Å²) >= 11 is 0. The highest BCUT2D eigenvalue weighted by Gasteiger charge is 2.33. The lowest BCUT2D eigenvalue weighted by Crippen LogP contribution is -2.38. The minimum Gasteiger partial charge on any atom is -0.453 e. The molecule has 0 aliphatic heterocycles. The van der Waals surface area contributed by atoms with Gasteiger partial charge in [-0.3, -0.25) is 0 Å². The summed E-state index contributed by atoms with van der Waals surface area (Å²) < 4.78 is 17.3. The Hall–Kier alpha value is -0.840. The van der Waals surface area contributed by atoms with Crippen molar-refractivity contribution < 1.29 is 13.9 Å². The lowest BCUT2D eigenvalue weighted by Gasteiger charge is -2.12. The number of hydrogen-bond donors (Lipinski definition) is 2. The minimum absolute atomic E-state index is 0.151. The van der Waals surface area contributed by atoms with Crippen molar-refractivity contribution in [3.8, 4) is 0 Å². The highest BCUT2D eigenvalue weighted by Crippen LogP contribution is 2.21.